The Bertz CT molecular complexity index is 305. The number of quaternary nitrogens is 1. The zero-order valence-corrected chi connectivity index (χ0v) is 16.1. The number of unbranched alkanes of at least 4 members (excludes halogenated alkanes) is 1. The molecule has 0 amide bonds. The van der Waals surface area contributed by atoms with E-state index in [9.17, 15) is 12.9 Å². The second-order valence-corrected chi connectivity index (χ2v) is 7.56. The quantitative estimate of drug-likeness (QED) is 0.492. The molecule has 0 aliphatic rings. The molecule has 4 nitrogen and oxygen atoms in total. The van der Waals surface area contributed by atoms with Gasteiger partial charge in [-0.2, -0.15) is 8.42 Å². The molecule has 0 bridgehead atoms. The predicted molar refractivity (Wildman–Crippen MR) is 91.8 cm³/mol. The maximum atomic E-state index is 11.0. The molecule has 0 aromatic carbocycles. The molecule has 136 valence electrons. The van der Waals surface area contributed by atoms with Gasteiger partial charge in [0, 0.05) is 0 Å². The zero-order valence-electron chi connectivity index (χ0n) is 15.2. The molecule has 0 aromatic rings. The first-order chi connectivity index (χ1) is 10.4. The van der Waals surface area contributed by atoms with Crippen molar-refractivity contribution in [3.63, 3.8) is 0 Å². The molecule has 0 saturated heterocycles. The summed E-state index contributed by atoms with van der Waals surface area (Å²) in [7, 11) is -3.85. The van der Waals surface area contributed by atoms with E-state index in [1.807, 2.05) is 6.92 Å². The fraction of sp³-hybridized carbons (Fsp3) is 1.00. The third-order valence-electron chi connectivity index (χ3n) is 3.64. The fourth-order valence-corrected chi connectivity index (χ4v) is 3.63. The fourth-order valence-electron chi connectivity index (χ4n) is 2.92. The highest BCUT2D eigenvalue weighted by Gasteiger charge is 2.22. The molecular weight excluding hydrogens is 305 g/mol. The van der Waals surface area contributed by atoms with Crippen LogP contribution in [-0.4, -0.2) is 44.8 Å². The van der Waals surface area contributed by atoms with E-state index in [0.717, 1.165) is 0 Å². The van der Waals surface area contributed by atoms with Crippen LogP contribution in [0.2, 0.25) is 0 Å². The van der Waals surface area contributed by atoms with E-state index in [1.54, 1.807) is 0 Å². The van der Waals surface area contributed by atoms with E-state index in [-0.39, 0.29) is 5.75 Å². The number of rotatable bonds is 12. The number of hydrogen-bond donors (Lipinski definition) is 0. The minimum Gasteiger partial charge on any atom is -0.324 e. The van der Waals surface area contributed by atoms with Gasteiger partial charge in [0.15, 0.2) is 0 Å². The third-order valence-corrected chi connectivity index (χ3v) is 4.62. The topological polar surface area (TPSA) is 43.4 Å². The van der Waals surface area contributed by atoms with Gasteiger partial charge in [0.2, 0.25) is 0 Å². The van der Waals surface area contributed by atoms with Crippen LogP contribution in [0.4, 0.5) is 4.53 Å². The van der Waals surface area contributed by atoms with Gasteiger partial charge in [-0.25, -0.2) is 0 Å². The van der Waals surface area contributed by atoms with Gasteiger partial charge < -0.3 is 4.48 Å². The van der Waals surface area contributed by atoms with Crippen LogP contribution in [0.25, 0.3) is 0 Å². The molecule has 0 aliphatic heterocycles. The highest BCUT2D eigenvalue weighted by molar-refractivity contribution is 7.86. The molecule has 0 fully saturated rings. The molecule has 22 heavy (non-hydrogen) atoms. The first-order valence-electron chi connectivity index (χ1n) is 8.74. The average molecular weight is 343 g/mol. The van der Waals surface area contributed by atoms with Crippen LogP contribution in [0.15, 0.2) is 0 Å². The Morgan fingerprint density at radius 2 is 1.14 bits per heavy atom. The smallest absolute Gasteiger partial charge is 0.297 e. The Balaban J connectivity index is 0. The minimum absolute atomic E-state index is 0.236. The molecule has 0 saturated carbocycles. The van der Waals surface area contributed by atoms with E-state index in [4.69, 9.17) is 0 Å². The predicted octanol–water partition coefficient (Wildman–Crippen LogP) is 4.46. The minimum atomic E-state index is -3.85. The summed E-state index contributed by atoms with van der Waals surface area (Å²) in [6.45, 7) is 16.6. The first kappa shape index (κ1) is 24.1. The van der Waals surface area contributed by atoms with Crippen molar-refractivity contribution >= 4 is 10.1 Å². The van der Waals surface area contributed by atoms with Crippen molar-refractivity contribution in [3.05, 3.63) is 0 Å². The average Bonchev–Trinajstić information content (AvgIpc) is 2.47. The molecule has 0 N–H and O–H groups in total. The van der Waals surface area contributed by atoms with Gasteiger partial charge in [-0.05, 0) is 36.6 Å². The molecule has 0 atom stereocenters. The van der Waals surface area contributed by atoms with Crippen LogP contribution in [0.5, 0.6) is 0 Å². The summed E-state index contributed by atoms with van der Waals surface area (Å²) in [4.78, 5) is 0. The molecule has 0 rings (SSSR count). The van der Waals surface area contributed by atoms with Crippen molar-refractivity contribution in [2.45, 2.75) is 73.1 Å². The van der Waals surface area contributed by atoms with Crippen molar-refractivity contribution in [3.8, 4) is 0 Å². The van der Waals surface area contributed by atoms with E-state index >= 15 is 0 Å². The van der Waals surface area contributed by atoms with Crippen LogP contribution >= 0.6 is 0 Å². The second kappa shape index (κ2) is 14.4. The standard InChI is InChI=1S/C12H28N.C4H9FO3S/c1-5-9-13(10-6-2,11-7-3)12-8-4;1-2-3-4-9(6,7)8-5/h5-12H2,1-4H3;2-4H2,1H3/q+1;. The zero-order chi connectivity index (χ0) is 17.5. The first-order valence-corrected chi connectivity index (χ1v) is 10.3. The molecule has 6 heteroatoms. The molecule has 0 aliphatic carbocycles. The molecule has 0 unspecified atom stereocenters. The van der Waals surface area contributed by atoms with Crippen LogP contribution in [0.3, 0.4) is 0 Å². The molecule has 0 spiro atoms. The molecule has 0 heterocycles. The normalized spacial score (nSPS) is 11.9. The number of halogens is 1. The lowest BCUT2D eigenvalue weighted by atomic mass is 10.2. The molecule has 0 aromatic heterocycles. The summed E-state index contributed by atoms with van der Waals surface area (Å²) in [5.74, 6) is -0.236. The lowest BCUT2D eigenvalue weighted by Crippen LogP contribution is -2.50. The Hall–Kier alpha value is -0.200. The Morgan fingerprint density at radius 3 is 1.36 bits per heavy atom. The summed E-state index contributed by atoms with van der Waals surface area (Å²) >= 11 is 0. The van der Waals surface area contributed by atoms with Crippen molar-refractivity contribution in [2.24, 2.45) is 0 Å². The largest absolute Gasteiger partial charge is 0.324 e. The van der Waals surface area contributed by atoms with Gasteiger partial charge >= 0.3 is 0 Å². The van der Waals surface area contributed by atoms with Gasteiger partial charge in [0.05, 0.1) is 31.9 Å². The van der Waals surface area contributed by atoms with E-state index < -0.39 is 10.1 Å². The Morgan fingerprint density at radius 1 is 0.773 bits per heavy atom. The van der Waals surface area contributed by atoms with Crippen molar-refractivity contribution < 1.29 is 21.8 Å². The lowest BCUT2D eigenvalue weighted by molar-refractivity contribution is -0.928. The van der Waals surface area contributed by atoms with Crippen LogP contribution < -0.4 is 0 Å². The molecule has 0 radical (unpaired) electrons. The van der Waals surface area contributed by atoms with Crippen molar-refractivity contribution in [1.29, 1.82) is 0 Å². The van der Waals surface area contributed by atoms with Gasteiger partial charge in [-0.3, -0.25) is 0 Å². The van der Waals surface area contributed by atoms with Gasteiger partial charge in [0.25, 0.3) is 10.1 Å². The summed E-state index contributed by atoms with van der Waals surface area (Å²) in [6, 6.07) is 0. The SMILES string of the molecule is CCCCS(=O)(=O)OF.CCC[N+](CCC)(CCC)CCC. The third kappa shape index (κ3) is 12.4. The van der Waals surface area contributed by atoms with Crippen molar-refractivity contribution in [2.75, 3.05) is 31.9 Å². The second-order valence-electron chi connectivity index (χ2n) is 5.91. The Labute approximate surface area is 137 Å². The molecular formula is C16H37FNO3S+. The van der Waals surface area contributed by atoms with E-state index in [0.29, 0.717) is 12.8 Å². The monoisotopic (exact) mass is 342 g/mol. The van der Waals surface area contributed by atoms with E-state index in [2.05, 4.69) is 32.1 Å². The summed E-state index contributed by atoms with van der Waals surface area (Å²) in [5.41, 5.74) is 0. The summed E-state index contributed by atoms with van der Waals surface area (Å²) in [6.07, 6.45) is 6.48. The van der Waals surface area contributed by atoms with Gasteiger partial charge in [0.1, 0.15) is 0 Å². The van der Waals surface area contributed by atoms with Crippen LogP contribution in [0.1, 0.15) is 73.1 Å². The van der Waals surface area contributed by atoms with Crippen LogP contribution in [-0.2, 0) is 14.5 Å². The number of nitrogens with zero attached hydrogens (tertiary/aromatic N) is 1. The van der Waals surface area contributed by atoms with Crippen molar-refractivity contribution in [1.82, 2.24) is 0 Å². The van der Waals surface area contributed by atoms with Crippen LogP contribution in [0, 0.1) is 0 Å². The lowest BCUT2D eigenvalue weighted by Gasteiger charge is -2.38. The number of hydrogen-bond acceptors (Lipinski definition) is 3. The Kier molecular flexibility index (Phi) is 15.7. The van der Waals surface area contributed by atoms with Gasteiger partial charge in [-0.1, -0.05) is 45.4 Å². The summed E-state index contributed by atoms with van der Waals surface area (Å²) in [5, 5.41) is 0. The maximum Gasteiger partial charge on any atom is 0.297 e. The maximum absolute atomic E-state index is 11.0. The van der Waals surface area contributed by atoms with E-state index in [1.165, 1.54) is 56.3 Å². The highest BCUT2D eigenvalue weighted by atomic mass is 32.2. The highest BCUT2D eigenvalue weighted by Crippen LogP contribution is 2.12. The summed E-state index contributed by atoms with van der Waals surface area (Å²) < 4.78 is 35.4. The van der Waals surface area contributed by atoms with Gasteiger partial charge in [-0.15, -0.1) is 0 Å².